The minimum atomic E-state index is 0.544. The molecular weight excluding hydrogens is 613 g/mol. The molecule has 0 bridgehead atoms. The number of rotatable bonds is 7. The molecule has 0 spiro atoms. The molecule has 234 valence electrons. The first-order chi connectivity index (χ1) is 24.7. The molecule has 0 saturated heterocycles. The van der Waals surface area contributed by atoms with Crippen molar-refractivity contribution in [1.29, 1.82) is 5.26 Å². The first-order valence-electron chi connectivity index (χ1n) is 16.2. The van der Waals surface area contributed by atoms with Crippen molar-refractivity contribution >= 4 is 0 Å². The highest BCUT2D eigenvalue weighted by atomic mass is 15.0. The molecular formula is C44H28N6. The third-order valence-electron chi connectivity index (χ3n) is 8.40. The van der Waals surface area contributed by atoms with E-state index in [-0.39, 0.29) is 0 Å². The van der Waals surface area contributed by atoms with Crippen LogP contribution in [0.15, 0.2) is 170 Å². The maximum atomic E-state index is 9.27. The van der Waals surface area contributed by atoms with Crippen LogP contribution < -0.4 is 0 Å². The fraction of sp³-hybridized carbons (Fsp3) is 0. The molecule has 8 rings (SSSR count). The lowest BCUT2D eigenvalue weighted by molar-refractivity contribution is 1.07. The Labute approximate surface area is 290 Å². The summed E-state index contributed by atoms with van der Waals surface area (Å²) in [5.74, 6) is 2.36. The second-order valence-corrected chi connectivity index (χ2v) is 11.7. The van der Waals surface area contributed by atoms with Crippen LogP contribution in [0.1, 0.15) is 5.56 Å². The standard InChI is InChI=1S/C44H28N6/c45-29-30-19-21-35(22-20-30)42-48-41(34-15-8-3-9-16-34)49-43(50-42)36-25-23-31(24-26-36)37-17-10-18-38(27-37)44-46-39(32-11-4-1-5-12-32)28-40(47-44)33-13-6-2-7-14-33/h1-28H. The van der Waals surface area contributed by atoms with Crippen LogP contribution in [0.4, 0.5) is 0 Å². The fourth-order valence-corrected chi connectivity index (χ4v) is 5.78. The Morgan fingerprint density at radius 2 is 0.680 bits per heavy atom. The Morgan fingerprint density at radius 1 is 0.300 bits per heavy atom. The third-order valence-corrected chi connectivity index (χ3v) is 8.40. The average Bonchev–Trinajstić information content (AvgIpc) is 3.21. The van der Waals surface area contributed by atoms with Crippen molar-refractivity contribution in [3.63, 3.8) is 0 Å². The maximum absolute atomic E-state index is 9.27. The monoisotopic (exact) mass is 640 g/mol. The summed E-state index contributed by atoms with van der Waals surface area (Å²) in [7, 11) is 0. The Balaban J connectivity index is 1.15. The molecule has 0 fully saturated rings. The van der Waals surface area contributed by atoms with Crippen LogP contribution in [0.2, 0.25) is 0 Å². The summed E-state index contributed by atoms with van der Waals surface area (Å²) in [6.07, 6.45) is 0. The van der Waals surface area contributed by atoms with Gasteiger partial charge in [0.05, 0.1) is 23.0 Å². The van der Waals surface area contributed by atoms with Crippen molar-refractivity contribution in [1.82, 2.24) is 24.9 Å². The van der Waals surface area contributed by atoms with Crippen LogP contribution in [0.5, 0.6) is 0 Å². The Bertz CT molecular complexity index is 2400. The zero-order valence-corrected chi connectivity index (χ0v) is 26.8. The van der Waals surface area contributed by atoms with Crippen LogP contribution in [-0.4, -0.2) is 24.9 Å². The van der Waals surface area contributed by atoms with E-state index in [0.29, 0.717) is 28.9 Å². The highest BCUT2D eigenvalue weighted by Gasteiger charge is 2.14. The number of benzene rings is 6. The SMILES string of the molecule is N#Cc1ccc(-c2nc(-c3ccccc3)nc(-c3ccc(-c4cccc(-c5nc(-c6ccccc6)cc(-c6ccccc6)n5)c4)cc3)n2)cc1. The van der Waals surface area contributed by atoms with Crippen LogP contribution in [0, 0.1) is 11.3 Å². The first-order valence-corrected chi connectivity index (χ1v) is 16.2. The third kappa shape index (κ3) is 6.40. The van der Waals surface area contributed by atoms with Crippen molar-refractivity contribution in [3.8, 4) is 85.3 Å². The van der Waals surface area contributed by atoms with Gasteiger partial charge in [0.25, 0.3) is 0 Å². The minimum absolute atomic E-state index is 0.544. The molecule has 0 aliphatic rings. The van der Waals surface area contributed by atoms with Gasteiger partial charge in [-0.1, -0.05) is 133 Å². The second kappa shape index (κ2) is 13.6. The van der Waals surface area contributed by atoms with Crippen LogP contribution >= 0.6 is 0 Å². The van der Waals surface area contributed by atoms with Crippen molar-refractivity contribution in [3.05, 3.63) is 175 Å². The second-order valence-electron chi connectivity index (χ2n) is 11.7. The van der Waals surface area contributed by atoms with E-state index >= 15 is 0 Å². The lowest BCUT2D eigenvalue weighted by atomic mass is 10.0. The Hall–Kier alpha value is -7.10. The maximum Gasteiger partial charge on any atom is 0.164 e. The van der Waals surface area contributed by atoms with E-state index in [4.69, 9.17) is 24.9 Å². The van der Waals surface area contributed by atoms with Gasteiger partial charge in [-0.05, 0) is 47.5 Å². The number of nitriles is 1. The van der Waals surface area contributed by atoms with Crippen LogP contribution in [-0.2, 0) is 0 Å². The molecule has 6 heteroatoms. The van der Waals surface area contributed by atoms with E-state index in [9.17, 15) is 5.26 Å². The van der Waals surface area contributed by atoms with E-state index in [1.165, 1.54) is 0 Å². The van der Waals surface area contributed by atoms with Crippen LogP contribution in [0.3, 0.4) is 0 Å². The van der Waals surface area contributed by atoms with Gasteiger partial charge >= 0.3 is 0 Å². The highest BCUT2D eigenvalue weighted by molar-refractivity contribution is 5.76. The van der Waals surface area contributed by atoms with Crippen molar-refractivity contribution in [2.45, 2.75) is 0 Å². The molecule has 0 radical (unpaired) electrons. The molecule has 50 heavy (non-hydrogen) atoms. The van der Waals surface area contributed by atoms with Crippen molar-refractivity contribution in [2.75, 3.05) is 0 Å². The molecule has 0 unspecified atom stereocenters. The summed E-state index contributed by atoms with van der Waals surface area (Å²) < 4.78 is 0. The van der Waals surface area contributed by atoms with E-state index in [0.717, 1.165) is 55.9 Å². The zero-order valence-electron chi connectivity index (χ0n) is 26.8. The summed E-state index contributed by atoms with van der Waals surface area (Å²) >= 11 is 0. The zero-order chi connectivity index (χ0) is 33.7. The number of hydrogen-bond donors (Lipinski definition) is 0. The molecule has 0 atom stereocenters. The summed E-state index contributed by atoms with van der Waals surface area (Å²) in [5.41, 5.74) is 10.00. The summed E-state index contributed by atoms with van der Waals surface area (Å²) in [6.45, 7) is 0. The molecule has 2 aromatic heterocycles. The van der Waals surface area contributed by atoms with Gasteiger partial charge in [-0.15, -0.1) is 0 Å². The Morgan fingerprint density at radius 3 is 1.18 bits per heavy atom. The molecule has 6 nitrogen and oxygen atoms in total. The van der Waals surface area contributed by atoms with Gasteiger partial charge in [0, 0.05) is 33.4 Å². The molecule has 6 aromatic carbocycles. The lowest BCUT2D eigenvalue weighted by Gasteiger charge is -2.11. The summed E-state index contributed by atoms with van der Waals surface area (Å²) in [6, 6.07) is 58.3. The first kappa shape index (κ1) is 30.2. The quantitative estimate of drug-likeness (QED) is 0.172. The molecule has 0 aliphatic carbocycles. The largest absolute Gasteiger partial charge is 0.228 e. The number of hydrogen-bond acceptors (Lipinski definition) is 6. The van der Waals surface area contributed by atoms with Gasteiger partial charge in [0.2, 0.25) is 0 Å². The lowest BCUT2D eigenvalue weighted by Crippen LogP contribution is -2.00. The average molecular weight is 641 g/mol. The van der Waals surface area contributed by atoms with E-state index in [1.54, 1.807) is 12.1 Å². The normalized spacial score (nSPS) is 10.8. The predicted octanol–water partition coefficient (Wildman–Crippen LogP) is 10.2. The molecule has 0 saturated carbocycles. The molecule has 0 aliphatic heterocycles. The molecule has 2 heterocycles. The van der Waals surface area contributed by atoms with Gasteiger partial charge in [-0.2, -0.15) is 5.26 Å². The number of nitrogens with zero attached hydrogens (tertiary/aromatic N) is 6. The van der Waals surface area contributed by atoms with Crippen molar-refractivity contribution < 1.29 is 0 Å². The number of aromatic nitrogens is 5. The molecule has 0 N–H and O–H groups in total. The van der Waals surface area contributed by atoms with Gasteiger partial charge in [0.15, 0.2) is 23.3 Å². The predicted molar refractivity (Wildman–Crippen MR) is 198 cm³/mol. The van der Waals surface area contributed by atoms with Gasteiger partial charge in [-0.25, -0.2) is 24.9 Å². The van der Waals surface area contributed by atoms with Crippen LogP contribution in [0.25, 0.3) is 79.2 Å². The molecule has 0 amide bonds. The van der Waals surface area contributed by atoms with Gasteiger partial charge in [0.1, 0.15) is 0 Å². The fourth-order valence-electron chi connectivity index (χ4n) is 5.78. The highest BCUT2D eigenvalue weighted by Crippen LogP contribution is 2.31. The van der Waals surface area contributed by atoms with E-state index in [2.05, 4.69) is 60.7 Å². The molecule has 8 aromatic rings. The van der Waals surface area contributed by atoms with Gasteiger partial charge in [-0.3, -0.25) is 0 Å². The summed E-state index contributed by atoms with van der Waals surface area (Å²) in [4.78, 5) is 24.5. The topological polar surface area (TPSA) is 88.2 Å². The Kier molecular flexibility index (Phi) is 8.20. The summed E-state index contributed by atoms with van der Waals surface area (Å²) in [5, 5.41) is 9.27. The van der Waals surface area contributed by atoms with Gasteiger partial charge < -0.3 is 0 Å². The smallest absolute Gasteiger partial charge is 0.164 e. The van der Waals surface area contributed by atoms with E-state index in [1.807, 2.05) is 103 Å². The van der Waals surface area contributed by atoms with Crippen molar-refractivity contribution in [2.24, 2.45) is 0 Å². The minimum Gasteiger partial charge on any atom is -0.228 e. The van der Waals surface area contributed by atoms with E-state index < -0.39 is 0 Å².